The van der Waals surface area contributed by atoms with Gasteiger partial charge in [-0.1, -0.05) is 90.2 Å². The van der Waals surface area contributed by atoms with Crippen LogP contribution >= 0.6 is 0 Å². The van der Waals surface area contributed by atoms with E-state index in [1.165, 1.54) is 70.6 Å². The van der Waals surface area contributed by atoms with E-state index in [0.717, 1.165) is 57.8 Å². The summed E-state index contributed by atoms with van der Waals surface area (Å²) in [7, 11) is 0. The fraction of sp³-hybridized carbons (Fsp3) is 0.853. The molecule has 7 heteroatoms. The van der Waals surface area contributed by atoms with Gasteiger partial charge in [0.25, 0.3) is 0 Å². The molecule has 0 saturated carbocycles. The minimum absolute atomic E-state index is 0.00867. The molecule has 0 bridgehead atoms. The third-order valence-corrected chi connectivity index (χ3v) is 7.58. The van der Waals surface area contributed by atoms with Crippen LogP contribution in [0.25, 0.3) is 0 Å². The predicted molar refractivity (Wildman–Crippen MR) is 170 cm³/mol. The highest BCUT2D eigenvalue weighted by atomic mass is 16.5. The van der Waals surface area contributed by atoms with Gasteiger partial charge in [-0.05, 0) is 83.6 Å². The molecule has 240 valence electrons. The van der Waals surface area contributed by atoms with Crippen LogP contribution in [0.2, 0.25) is 0 Å². The van der Waals surface area contributed by atoms with Crippen LogP contribution in [0, 0.1) is 0 Å². The molecule has 0 rings (SSSR count). The van der Waals surface area contributed by atoms with Crippen LogP contribution in [0.3, 0.4) is 0 Å². The van der Waals surface area contributed by atoms with E-state index in [0.29, 0.717) is 32.2 Å². The Morgan fingerprint density at radius 2 is 1.20 bits per heavy atom. The quantitative estimate of drug-likeness (QED) is 0.0446. The van der Waals surface area contributed by atoms with Crippen LogP contribution in [-0.4, -0.2) is 41.6 Å². The maximum Gasteiger partial charge on any atom is 0.326 e. The Kier molecular flexibility index (Phi) is 28.2. The summed E-state index contributed by atoms with van der Waals surface area (Å²) in [5.74, 6) is -1.28. The number of nitrogens with one attached hydrogen (secondary N) is 1. The van der Waals surface area contributed by atoms with Crippen LogP contribution in [0.5, 0.6) is 0 Å². The number of hydrogen-bond acceptors (Lipinski definition) is 5. The summed E-state index contributed by atoms with van der Waals surface area (Å²) >= 11 is 0. The minimum atomic E-state index is -1.01. The van der Waals surface area contributed by atoms with Gasteiger partial charge in [0.1, 0.15) is 12.1 Å². The van der Waals surface area contributed by atoms with Crippen molar-refractivity contribution < 1.29 is 24.2 Å². The number of amides is 1. The summed E-state index contributed by atoms with van der Waals surface area (Å²) in [6.45, 7) is 4.85. The summed E-state index contributed by atoms with van der Waals surface area (Å²) in [4.78, 5) is 35.9. The van der Waals surface area contributed by atoms with E-state index in [4.69, 9.17) is 10.5 Å². The number of allylic oxidation sites excluding steroid dienone is 2. The van der Waals surface area contributed by atoms with Crippen molar-refractivity contribution in [3.8, 4) is 0 Å². The van der Waals surface area contributed by atoms with Crippen molar-refractivity contribution in [2.75, 3.05) is 6.54 Å². The standard InChI is InChI=1S/C34H64N2O5/c1-3-5-7-9-10-11-12-13-14-15-16-22-28-33(38)41-30(24-19-8-6-4-2)25-20-17-18-21-27-32(37)36-31(34(39)40)26-23-29-35/h10-11,30-31H,3-9,12-29,35H2,1-2H3,(H,36,37)(H,39,40)/b11-10-. The first-order chi connectivity index (χ1) is 19.9. The van der Waals surface area contributed by atoms with Gasteiger partial charge in [-0.3, -0.25) is 9.59 Å². The predicted octanol–water partition coefficient (Wildman–Crippen LogP) is 8.38. The lowest BCUT2D eigenvalue weighted by molar-refractivity contribution is -0.150. The fourth-order valence-corrected chi connectivity index (χ4v) is 4.97. The lowest BCUT2D eigenvalue weighted by Crippen LogP contribution is -2.40. The van der Waals surface area contributed by atoms with Gasteiger partial charge in [-0.25, -0.2) is 4.79 Å². The number of aliphatic carboxylic acids is 1. The molecule has 0 saturated heterocycles. The second kappa shape index (κ2) is 29.6. The molecule has 1 amide bonds. The molecule has 0 aromatic heterocycles. The number of unbranched alkanes of at least 4 members (excludes halogenated alkanes) is 14. The second-order valence-electron chi connectivity index (χ2n) is 11.6. The van der Waals surface area contributed by atoms with Crippen LogP contribution in [0.4, 0.5) is 0 Å². The van der Waals surface area contributed by atoms with Crippen LogP contribution < -0.4 is 11.1 Å². The first kappa shape index (κ1) is 39.1. The molecule has 0 aromatic rings. The summed E-state index contributed by atoms with van der Waals surface area (Å²) in [6, 6.07) is -0.860. The zero-order valence-electron chi connectivity index (χ0n) is 26.6. The topological polar surface area (TPSA) is 119 Å². The fourth-order valence-electron chi connectivity index (χ4n) is 4.97. The van der Waals surface area contributed by atoms with Gasteiger partial charge in [0.2, 0.25) is 5.91 Å². The number of carboxylic acid groups (broad SMARTS) is 1. The minimum Gasteiger partial charge on any atom is -0.480 e. The average Bonchev–Trinajstić information content (AvgIpc) is 2.95. The van der Waals surface area contributed by atoms with E-state index in [-0.39, 0.29) is 18.0 Å². The van der Waals surface area contributed by atoms with Gasteiger partial charge in [-0.15, -0.1) is 0 Å². The van der Waals surface area contributed by atoms with E-state index in [2.05, 4.69) is 31.3 Å². The Morgan fingerprint density at radius 1 is 0.683 bits per heavy atom. The van der Waals surface area contributed by atoms with E-state index in [1.54, 1.807) is 0 Å². The van der Waals surface area contributed by atoms with Crippen molar-refractivity contribution in [1.29, 1.82) is 0 Å². The molecule has 2 atom stereocenters. The maximum absolute atomic E-state index is 12.5. The molecule has 0 aromatic carbocycles. The molecule has 0 heterocycles. The molecule has 7 nitrogen and oxygen atoms in total. The van der Waals surface area contributed by atoms with Gasteiger partial charge in [0, 0.05) is 12.8 Å². The highest BCUT2D eigenvalue weighted by Gasteiger charge is 2.19. The van der Waals surface area contributed by atoms with Crippen molar-refractivity contribution in [2.24, 2.45) is 5.73 Å². The van der Waals surface area contributed by atoms with Crippen molar-refractivity contribution in [1.82, 2.24) is 5.32 Å². The number of hydrogen-bond donors (Lipinski definition) is 3. The van der Waals surface area contributed by atoms with E-state index < -0.39 is 12.0 Å². The Bertz CT molecular complexity index is 668. The Balaban J connectivity index is 4.12. The Morgan fingerprint density at radius 3 is 1.80 bits per heavy atom. The maximum atomic E-state index is 12.5. The lowest BCUT2D eigenvalue weighted by atomic mass is 10.0. The smallest absolute Gasteiger partial charge is 0.326 e. The Labute approximate surface area is 251 Å². The molecule has 41 heavy (non-hydrogen) atoms. The average molecular weight is 581 g/mol. The molecule has 0 fully saturated rings. The summed E-state index contributed by atoms with van der Waals surface area (Å²) in [5.41, 5.74) is 5.45. The van der Waals surface area contributed by atoms with Gasteiger partial charge in [-0.2, -0.15) is 0 Å². The first-order valence-corrected chi connectivity index (χ1v) is 17.0. The molecule has 0 spiro atoms. The van der Waals surface area contributed by atoms with Crippen molar-refractivity contribution in [3.05, 3.63) is 12.2 Å². The molecule has 0 aliphatic carbocycles. The normalized spacial score (nSPS) is 12.9. The molecule has 0 aliphatic heterocycles. The zero-order valence-corrected chi connectivity index (χ0v) is 26.6. The Hall–Kier alpha value is -1.89. The van der Waals surface area contributed by atoms with E-state index in [1.807, 2.05) is 0 Å². The van der Waals surface area contributed by atoms with Gasteiger partial charge < -0.3 is 20.9 Å². The molecule has 0 aliphatic rings. The van der Waals surface area contributed by atoms with Gasteiger partial charge in [0.15, 0.2) is 0 Å². The zero-order chi connectivity index (χ0) is 30.4. The number of carboxylic acids is 1. The molecular formula is C34H64N2O5. The number of nitrogens with two attached hydrogens (primary N) is 1. The molecule has 0 radical (unpaired) electrons. The number of carbonyl (C=O) groups excluding carboxylic acids is 2. The molecule has 4 N–H and O–H groups in total. The molecular weight excluding hydrogens is 516 g/mol. The molecule has 2 unspecified atom stereocenters. The van der Waals surface area contributed by atoms with Crippen LogP contribution in [0.1, 0.15) is 168 Å². The highest BCUT2D eigenvalue weighted by molar-refractivity contribution is 5.83. The number of ether oxygens (including phenoxy) is 1. The van der Waals surface area contributed by atoms with Crippen LogP contribution in [0.15, 0.2) is 12.2 Å². The number of carbonyl (C=O) groups is 3. The largest absolute Gasteiger partial charge is 0.480 e. The number of esters is 1. The second-order valence-corrected chi connectivity index (χ2v) is 11.6. The monoisotopic (exact) mass is 580 g/mol. The number of rotatable bonds is 30. The van der Waals surface area contributed by atoms with Gasteiger partial charge in [0.05, 0.1) is 0 Å². The first-order valence-electron chi connectivity index (χ1n) is 17.0. The van der Waals surface area contributed by atoms with Crippen molar-refractivity contribution >= 4 is 17.8 Å². The van der Waals surface area contributed by atoms with Gasteiger partial charge >= 0.3 is 11.9 Å². The summed E-state index contributed by atoms with van der Waals surface area (Å²) in [6.07, 6.45) is 28.4. The summed E-state index contributed by atoms with van der Waals surface area (Å²) in [5, 5.41) is 11.8. The van der Waals surface area contributed by atoms with E-state index in [9.17, 15) is 19.5 Å². The summed E-state index contributed by atoms with van der Waals surface area (Å²) < 4.78 is 5.90. The lowest BCUT2D eigenvalue weighted by Gasteiger charge is -2.18. The van der Waals surface area contributed by atoms with E-state index >= 15 is 0 Å². The highest BCUT2D eigenvalue weighted by Crippen LogP contribution is 2.18. The van der Waals surface area contributed by atoms with Crippen LogP contribution in [-0.2, 0) is 19.1 Å². The van der Waals surface area contributed by atoms with Crippen molar-refractivity contribution in [2.45, 2.75) is 180 Å². The SMILES string of the molecule is CCCCC/C=C\CCCCCCCC(=O)OC(CCCCCC)CCCCCCC(=O)NC(CCCN)C(=O)O. The third-order valence-electron chi connectivity index (χ3n) is 7.58. The van der Waals surface area contributed by atoms with Crippen molar-refractivity contribution in [3.63, 3.8) is 0 Å². The third kappa shape index (κ3) is 26.7.